The number of ether oxygens (including phenoxy) is 2. The minimum Gasteiger partial charge on any atom is -0.493 e. The van der Waals surface area contributed by atoms with Gasteiger partial charge in [0, 0.05) is 12.1 Å². The van der Waals surface area contributed by atoms with E-state index < -0.39 is 5.24 Å². The number of carbonyl (C=O) groups is 1. The Morgan fingerprint density at radius 2 is 2.06 bits per heavy atom. The van der Waals surface area contributed by atoms with Gasteiger partial charge in [-0.3, -0.25) is 4.79 Å². The molecule has 0 fully saturated rings. The van der Waals surface area contributed by atoms with Crippen molar-refractivity contribution in [1.29, 1.82) is 0 Å². The molecule has 5 heteroatoms. The number of methoxy groups -OCH3 is 1. The predicted octanol–water partition coefficient (Wildman–Crippen LogP) is 2.01. The normalized spacial score (nSPS) is 10.4. The molecule has 0 saturated heterocycles. The van der Waals surface area contributed by atoms with Gasteiger partial charge < -0.3 is 14.4 Å². The molecule has 0 saturated carbocycles. The highest BCUT2D eigenvalue weighted by Gasteiger charge is 2.09. The Kier molecular flexibility index (Phi) is 5.25. The molecule has 0 atom stereocenters. The van der Waals surface area contributed by atoms with Crippen LogP contribution in [0.4, 0.5) is 0 Å². The zero-order chi connectivity index (χ0) is 12.8. The third-order valence-electron chi connectivity index (χ3n) is 2.19. The number of halogens is 1. The fourth-order valence-corrected chi connectivity index (χ4v) is 1.37. The lowest BCUT2D eigenvalue weighted by Crippen LogP contribution is -2.19. The Bertz CT molecular complexity index is 393. The number of benzene rings is 1. The lowest BCUT2D eigenvalue weighted by atomic mass is 10.2. The molecule has 0 aliphatic carbocycles. The van der Waals surface area contributed by atoms with Gasteiger partial charge in [0.25, 0.3) is 5.24 Å². The molecule has 0 spiro atoms. The summed E-state index contributed by atoms with van der Waals surface area (Å²) in [5.41, 5.74) is 0.396. The monoisotopic (exact) mass is 257 g/mol. The molecule has 0 heterocycles. The van der Waals surface area contributed by atoms with Crippen LogP contribution in [-0.4, -0.2) is 44.5 Å². The number of likely N-dealkylation sites (N-methyl/N-ethyl adjacent to an activating group) is 1. The second-order valence-corrected chi connectivity index (χ2v) is 4.13. The zero-order valence-corrected chi connectivity index (χ0v) is 11.0. The lowest BCUT2D eigenvalue weighted by molar-refractivity contribution is 0.108. The quantitative estimate of drug-likeness (QED) is 0.731. The van der Waals surface area contributed by atoms with Crippen LogP contribution in [0.1, 0.15) is 10.4 Å². The molecule has 1 aromatic rings. The Labute approximate surface area is 106 Å². The number of carbonyl (C=O) groups excluding carboxylic acids is 1. The molecule has 4 nitrogen and oxygen atoms in total. The van der Waals surface area contributed by atoms with Crippen LogP contribution >= 0.6 is 11.6 Å². The van der Waals surface area contributed by atoms with Crippen molar-refractivity contribution in [2.75, 3.05) is 34.4 Å². The van der Waals surface area contributed by atoms with Gasteiger partial charge in [0.2, 0.25) is 0 Å². The summed E-state index contributed by atoms with van der Waals surface area (Å²) in [6, 6.07) is 4.86. The first-order valence-corrected chi connectivity index (χ1v) is 5.57. The number of hydrogen-bond donors (Lipinski definition) is 0. The summed E-state index contributed by atoms with van der Waals surface area (Å²) in [7, 11) is 5.47. The van der Waals surface area contributed by atoms with Gasteiger partial charge in [-0.25, -0.2) is 0 Å². The molecular weight excluding hydrogens is 242 g/mol. The van der Waals surface area contributed by atoms with Crippen molar-refractivity contribution in [2.45, 2.75) is 0 Å². The van der Waals surface area contributed by atoms with Crippen LogP contribution in [-0.2, 0) is 0 Å². The van der Waals surface area contributed by atoms with Crippen molar-refractivity contribution >= 4 is 16.8 Å². The molecule has 17 heavy (non-hydrogen) atoms. The van der Waals surface area contributed by atoms with Gasteiger partial charge in [-0.1, -0.05) is 0 Å². The smallest absolute Gasteiger partial charge is 0.252 e. The third kappa shape index (κ3) is 4.24. The summed E-state index contributed by atoms with van der Waals surface area (Å²) in [6.07, 6.45) is 0. The average molecular weight is 258 g/mol. The minimum absolute atomic E-state index is 0.396. The summed E-state index contributed by atoms with van der Waals surface area (Å²) < 4.78 is 10.7. The number of hydrogen-bond acceptors (Lipinski definition) is 4. The molecular formula is C12H16ClNO3. The summed E-state index contributed by atoms with van der Waals surface area (Å²) >= 11 is 5.41. The molecule has 0 radical (unpaired) electrons. The molecule has 1 rings (SSSR count). The van der Waals surface area contributed by atoms with Gasteiger partial charge in [-0.2, -0.15) is 0 Å². The van der Waals surface area contributed by atoms with E-state index in [1.54, 1.807) is 25.3 Å². The summed E-state index contributed by atoms with van der Waals surface area (Å²) in [5, 5.41) is -0.509. The first-order valence-electron chi connectivity index (χ1n) is 5.20. The van der Waals surface area contributed by atoms with Gasteiger partial charge in [0.15, 0.2) is 11.5 Å². The van der Waals surface area contributed by atoms with Gasteiger partial charge in [0.05, 0.1) is 7.11 Å². The van der Waals surface area contributed by atoms with Crippen molar-refractivity contribution in [1.82, 2.24) is 4.90 Å². The van der Waals surface area contributed by atoms with Crippen LogP contribution in [0.2, 0.25) is 0 Å². The predicted molar refractivity (Wildman–Crippen MR) is 67.2 cm³/mol. The van der Waals surface area contributed by atoms with E-state index in [1.165, 1.54) is 0 Å². The fourth-order valence-electron chi connectivity index (χ4n) is 1.25. The molecule has 0 N–H and O–H groups in total. The van der Waals surface area contributed by atoms with E-state index in [4.69, 9.17) is 21.1 Å². The topological polar surface area (TPSA) is 38.8 Å². The van der Waals surface area contributed by atoms with E-state index in [0.717, 1.165) is 6.54 Å². The SMILES string of the molecule is COc1ccc(C(=O)Cl)cc1OCCN(C)C. The molecule has 0 aliphatic heterocycles. The molecule has 94 valence electrons. The van der Waals surface area contributed by atoms with E-state index in [2.05, 4.69) is 0 Å². The van der Waals surface area contributed by atoms with Crippen LogP contribution < -0.4 is 9.47 Å². The first-order chi connectivity index (χ1) is 8.04. The van der Waals surface area contributed by atoms with Gasteiger partial charge in [0.1, 0.15) is 6.61 Å². The number of nitrogens with zero attached hydrogens (tertiary/aromatic N) is 1. The third-order valence-corrected chi connectivity index (χ3v) is 2.40. The highest BCUT2D eigenvalue weighted by atomic mass is 35.5. The standard InChI is InChI=1S/C12H16ClNO3/c1-14(2)6-7-17-11-8-9(12(13)15)4-5-10(11)16-3/h4-5,8H,6-7H2,1-3H3. The second-order valence-electron chi connectivity index (χ2n) is 3.79. The maximum atomic E-state index is 11.0. The molecule has 0 bridgehead atoms. The highest BCUT2D eigenvalue weighted by molar-refractivity contribution is 6.67. The number of rotatable bonds is 6. The van der Waals surface area contributed by atoms with Crippen LogP contribution in [0.5, 0.6) is 11.5 Å². The van der Waals surface area contributed by atoms with Crippen LogP contribution in [0.25, 0.3) is 0 Å². The molecule has 0 aliphatic rings. The van der Waals surface area contributed by atoms with E-state index in [-0.39, 0.29) is 0 Å². The van der Waals surface area contributed by atoms with Crippen LogP contribution in [0, 0.1) is 0 Å². The lowest BCUT2D eigenvalue weighted by Gasteiger charge is -2.13. The van der Waals surface area contributed by atoms with Crippen LogP contribution in [0.3, 0.4) is 0 Å². The molecule has 0 amide bonds. The summed E-state index contributed by atoms with van der Waals surface area (Å²) in [6.45, 7) is 1.30. The van der Waals surface area contributed by atoms with Gasteiger partial charge in [-0.05, 0) is 43.9 Å². The van der Waals surface area contributed by atoms with E-state index in [0.29, 0.717) is 23.7 Å². The van der Waals surface area contributed by atoms with E-state index >= 15 is 0 Å². The van der Waals surface area contributed by atoms with Crippen molar-refractivity contribution in [3.05, 3.63) is 23.8 Å². The Hall–Kier alpha value is -1.26. The molecule has 0 unspecified atom stereocenters. The summed E-state index contributed by atoms with van der Waals surface area (Å²) in [5.74, 6) is 1.12. The van der Waals surface area contributed by atoms with E-state index in [9.17, 15) is 4.79 Å². The van der Waals surface area contributed by atoms with Gasteiger partial charge in [-0.15, -0.1) is 0 Å². The largest absolute Gasteiger partial charge is 0.493 e. The highest BCUT2D eigenvalue weighted by Crippen LogP contribution is 2.28. The maximum absolute atomic E-state index is 11.0. The van der Waals surface area contributed by atoms with Crippen molar-refractivity contribution in [2.24, 2.45) is 0 Å². The first kappa shape index (κ1) is 13.8. The minimum atomic E-state index is -0.509. The van der Waals surface area contributed by atoms with Gasteiger partial charge >= 0.3 is 0 Å². The second kappa shape index (κ2) is 6.47. The summed E-state index contributed by atoms with van der Waals surface area (Å²) in [4.78, 5) is 13.0. The van der Waals surface area contributed by atoms with Crippen LogP contribution in [0.15, 0.2) is 18.2 Å². The molecule has 1 aromatic carbocycles. The molecule has 0 aromatic heterocycles. The Morgan fingerprint density at radius 3 is 2.59 bits per heavy atom. The van der Waals surface area contributed by atoms with E-state index in [1.807, 2.05) is 19.0 Å². The van der Waals surface area contributed by atoms with Crippen molar-refractivity contribution in [3.8, 4) is 11.5 Å². The fraction of sp³-hybridized carbons (Fsp3) is 0.417. The maximum Gasteiger partial charge on any atom is 0.252 e. The Morgan fingerprint density at radius 1 is 1.35 bits per heavy atom. The zero-order valence-electron chi connectivity index (χ0n) is 10.2. The Balaban J connectivity index is 2.79. The van der Waals surface area contributed by atoms with Crippen molar-refractivity contribution in [3.63, 3.8) is 0 Å². The van der Waals surface area contributed by atoms with Crippen molar-refractivity contribution < 1.29 is 14.3 Å². The average Bonchev–Trinajstić information content (AvgIpc) is 2.28.